The normalized spacial score (nSPS) is 28.1. The van der Waals surface area contributed by atoms with Crippen LogP contribution in [0.5, 0.6) is 5.75 Å². The number of rotatable bonds is 5. The van der Waals surface area contributed by atoms with E-state index >= 15 is 0 Å². The van der Waals surface area contributed by atoms with Crippen LogP contribution in [0.15, 0.2) is 24.3 Å². The molecule has 3 nitrogen and oxygen atoms in total. The molecule has 1 fully saturated rings. The molecule has 1 aliphatic carbocycles. The number of para-hydroxylation sites is 1. The van der Waals surface area contributed by atoms with Crippen LogP contribution in [0.3, 0.4) is 0 Å². The molecule has 20 heavy (non-hydrogen) atoms. The van der Waals surface area contributed by atoms with Crippen LogP contribution in [0.25, 0.3) is 0 Å². The molecule has 1 saturated carbocycles. The summed E-state index contributed by atoms with van der Waals surface area (Å²) in [6.07, 6.45) is 3.28. The first-order valence-corrected chi connectivity index (χ1v) is 7.69. The number of benzene rings is 1. The van der Waals surface area contributed by atoms with Gasteiger partial charge in [0, 0.05) is 5.56 Å². The van der Waals surface area contributed by atoms with Gasteiger partial charge in [0.2, 0.25) is 0 Å². The Morgan fingerprint density at radius 2 is 1.95 bits per heavy atom. The summed E-state index contributed by atoms with van der Waals surface area (Å²) in [4.78, 5) is 0. The molecule has 1 atom stereocenters. The number of ether oxygens (including phenoxy) is 1. The van der Waals surface area contributed by atoms with Gasteiger partial charge in [-0.1, -0.05) is 32.0 Å². The Labute approximate surface area is 121 Å². The third-order valence-electron chi connectivity index (χ3n) is 4.32. The Bertz CT molecular complexity index is 422. The molecule has 3 heteroatoms. The Hall–Kier alpha value is -1.06. The Morgan fingerprint density at radius 3 is 2.60 bits per heavy atom. The van der Waals surface area contributed by atoms with Crippen LogP contribution in [-0.2, 0) is 0 Å². The van der Waals surface area contributed by atoms with Gasteiger partial charge in [-0.2, -0.15) is 0 Å². The summed E-state index contributed by atoms with van der Waals surface area (Å²) in [5.41, 5.74) is -0.309. The van der Waals surface area contributed by atoms with E-state index in [0.717, 1.165) is 19.3 Å². The number of hydrogen-bond donors (Lipinski definition) is 2. The van der Waals surface area contributed by atoms with E-state index in [1.54, 1.807) is 0 Å². The first-order valence-electron chi connectivity index (χ1n) is 7.69. The van der Waals surface area contributed by atoms with Crippen LogP contribution in [0.4, 0.5) is 0 Å². The molecule has 1 aromatic rings. The molecule has 0 saturated heterocycles. The highest BCUT2D eigenvalue weighted by Crippen LogP contribution is 2.42. The predicted molar refractivity (Wildman–Crippen MR) is 79.8 cm³/mol. The third kappa shape index (κ3) is 3.33. The fourth-order valence-electron chi connectivity index (χ4n) is 2.87. The maximum atomic E-state index is 10.8. The first-order chi connectivity index (χ1) is 9.57. The molecule has 0 amide bonds. The Balaban J connectivity index is 2.17. The highest BCUT2D eigenvalue weighted by atomic mass is 16.5. The lowest BCUT2D eigenvalue weighted by atomic mass is 9.75. The molecule has 0 radical (unpaired) electrons. The standard InChI is InChI=1S/C17H26O3/c1-3-12-20-15-7-5-4-6-14(15)16(18)17(19)10-8-13(2)9-11-17/h4-7,13,16,18-19H,3,8-12H2,1-2H3. The van der Waals surface area contributed by atoms with Crippen molar-refractivity contribution < 1.29 is 14.9 Å². The van der Waals surface area contributed by atoms with Crippen molar-refractivity contribution in [2.45, 2.75) is 57.7 Å². The fourth-order valence-corrected chi connectivity index (χ4v) is 2.87. The predicted octanol–water partition coefficient (Wildman–Crippen LogP) is 3.45. The van der Waals surface area contributed by atoms with Crippen LogP contribution >= 0.6 is 0 Å². The summed E-state index contributed by atoms with van der Waals surface area (Å²) in [5, 5.41) is 21.4. The average molecular weight is 278 g/mol. The van der Waals surface area contributed by atoms with Crippen molar-refractivity contribution in [1.82, 2.24) is 0 Å². The molecule has 0 aliphatic heterocycles. The molecule has 0 aromatic heterocycles. The summed E-state index contributed by atoms with van der Waals surface area (Å²) in [6.45, 7) is 4.87. The molecule has 0 spiro atoms. The molecule has 0 bridgehead atoms. The van der Waals surface area contributed by atoms with E-state index in [1.165, 1.54) is 0 Å². The lowest BCUT2D eigenvalue weighted by Gasteiger charge is -2.39. The number of aliphatic hydroxyl groups excluding tert-OH is 1. The zero-order chi connectivity index (χ0) is 14.6. The molecule has 2 rings (SSSR count). The van der Waals surface area contributed by atoms with Crippen LogP contribution in [-0.4, -0.2) is 22.4 Å². The van der Waals surface area contributed by atoms with Gasteiger partial charge >= 0.3 is 0 Å². The van der Waals surface area contributed by atoms with Gasteiger partial charge in [0.05, 0.1) is 12.2 Å². The van der Waals surface area contributed by atoms with Crippen molar-refractivity contribution in [2.24, 2.45) is 5.92 Å². The van der Waals surface area contributed by atoms with Crippen LogP contribution in [0.1, 0.15) is 57.6 Å². The summed E-state index contributed by atoms with van der Waals surface area (Å²) in [5.74, 6) is 1.32. The van der Waals surface area contributed by atoms with E-state index in [4.69, 9.17) is 4.74 Å². The highest BCUT2D eigenvalue weighted by Gasteiger charge is 2.40. The van der Waals surface area contributed by atoms with E-state index in [-0.39, 0.29) is 0 Å². The lowest BCUT2D eigenvalue weighted by Crippen LogP contribution is -2.40. The van der Waals surface area contributed by atoms with Gasteiger partial charge in [-0.15, -0.1) is 0 Å². The quantitative estimate of drug-likeness (QED) is 0.867. The van der Waals surface area contributed by atoms with Crippen molar-refractivity contribution >= 4 is 0 Å². The van der Waals surface area contributed by atoms with Gasteiger partial charge in [-0.3, -0.25) is 0 Å². The minimum absolute atomic E-state index is 0.624. The molecular formula is C17H26O3. The molecule has 1 unspecified atom stereocenters. The van der Waals surface area contributed by atoms with Crippen LogP contribution in [0, 0.1) is 5.92 Å². The summed E-state index contributed by atoms with van der Waals surface area (Å²) in [6, 6.07) is 7.50. The minimum atomic E-state index is -1.02. The second kappa shape index (κ2) is 6.59. The molecule has 2 N–H and O–H groups in total. The third-order valence-corrected chi connectivity index (χ3v) is 4.32. The van der Waals surface area contributed by atoms with E-state index in [1.807, 2.05) is 24.3 Å². The molecular weight excluding hydrogens is 252 g/mol. The van der Waals surface area contributed by atoms with Gasteiger partial charge in [0.15, 0.2) is 0 Å². The second-order valence-electron chi connectivity index (χ2n) is 6.07. The number of aliphatic hydroxyl groups is 2. The molecule has 1 aliphatic rings. The van der Waals surface area contributed by atoms with Crippen LogP contribution in [0.2, 0.25) is 0 Å². The molecule has 1 aromatic carbocycles. The minimum Gasteiger partial charge on any atom is -0.493 e. The maximum Gasteiger partial charge on any atom is 0.125 e. The van der Waals surface area contributed by atoms with Crippen molar-refractivity contribution in [3.8, 4) is 5.75 Å². The molecule has 112 valence electrons. The highest BCUT2D eigenvalue weighted by molar-refractivity contribution is 5.36. The molecule has 0 heterocycles. The van der Waals surface area contributed by atoms with Gasteiger partial charge in [-0.25, -0.2) is 0 Å². The first kappa shape index (κ1) is 15.3. The zero-order valence-electron chi connectivity index (χ0n) is 12.5. The Kier molecular flexibility index (Phi) is 5.06. The largest absolute Gasteiger partial charge is 0.493 e. The van der Waals surface area contributed by atoms with E-state index in [2.05, 4.69) is 13.8 Å². The fraction of sp³-hybridized carbons (Fsp3) is 0.647. The van der Waals surface area contributed by atoms with Gasteiger partial charge in [0.25, 0.3) is 0 Å². The summed E-state index contributed by atoms with van der Waals surface area (Å²) < 4.78 is 5.69. The van der Waals surface area contributed by atoms with E-state index in [9.17, 15) is 10.2 Å². The smallest absolute Gasteiger partial charge is 0.125 e. The van der Waals surface area contributed by atoms with Crippen molar-refractivity contribution in [3.63, 3.8) is 0 Å². The second-order valence-corrected chi connectivity index (χ2v) is 6.07. The van der Waals surface area contributed by atoms with Gasteiger partial charge in [0.1, 0.15) is 11.9 Å². The van der Waals surface area contributed by atoms with Crippen molar-refractivity contribution in [1.29, 1.82) is 0 Å². The number of hydrogen-bond acceptors (Lipinski definition) is 3. The average Bonchev–Trinajstić information content (AvgIpc) is 2.48. The Morgan fingerprint density at radius 1 is 1.30 bits per heavy atom. The van der Waals surface area contributed by atoms with Gasteiger partial charge < -0.3 is 14.9 Å². The van der Waals surface area contributed by atoms with Crippen LogP contribution < -0.4 is 4.74 Å². The SMILES string of the molecule is CCCOc1ccccc1C(O)C1(O)CCC(C)CC1. The van der Waals surface area contributed by atoms with Gasteiger partial charge in [-0.05, 0) is 44.1 Å². The summed E-state index contributed by atoms with van der Waals surface area (Å²) >= 11 is 0. The zero-order valence-corrected chi connectivity index (χ0v) is 12.5. The van der Waals surface area contributed by atoms with E-state index in [0.29, 0.717) is 36.7 Å². The summed E-state index contributed by atoms with van der Waals surface area (Å²) in [7, 11) is 0. The van der Waals surface area contributed by atoms with E-state index < -0.39 is 11.7 Å². The topological polar surface area (TPSA) is 49.7 Å². The van der Waals surface area contributed by atoms with Crippen molar-refractivity contribution in [2.75, 3.05) is 6.61 Å². The van der Waals surface area contributed by atoms with Crippen molar-refractivity contribution in [3.05, 3.63) is 29.8 Å². The monoisotopic (exact) mass is 278 g/mol. The maximum absolute atomic E-state index is 10.8. The lowest BCUT2D eigenvalue weighted by molar-refractivity contribution is -0.106.